The van der Waals surface area contributed by atoms with Crippen LogP contribution in [0.25, 0.3) is 0 Å². The zero-order valence-electron chi connectivity index (χ0n) is 10.6. The topological polar surface area (TPSA) is 57.9 Å². The molecule has 1 saturated heterocycles. The second-order valence-electron chi connectivity index (χ2n) is 5.25. The van der Waals surface area contributed by atoms with Crippen LogP contribution in [0.15, 0.2) is 6.07 Å². The standard InChI is InChI=1S/C11H17F3N4.ClH/c1-10(6-15)2-3-18(7-10)5-8-4-9(17-16-8)11(12,13)14;/h4H,2-3,5-7,15H2,1H3,(H,16,17);1H. The van der Waals surface area contributed by atoms with E-state index in [2.05, 4.69) is 22.0 Å². The van der Waals surface area contributed by atoms with Crippen molar-refractivity contribution in [1.82, 2.24) is 15.1 Å². The van der Waals surface area contributed by atoms with Gasteiger partial charge in [0.1, 0.15) is 0 Å². The molecule has 1 aromatic rings. The third-order valence-electron chi connectivity index (χ3n) is 3.45. The van der Waals surface area contributed by atoms with Gasteiger partial charge >= 0.3 is 6.18 Å². The number of alkyl halides is 3. The van der Waals surface area contributed by atoms with Gasteiger partial charge in [-0.2, -0.15) is 18.3 Å². The smallest absolute Gasteiger partial charge is 0.330 e. The molecule has 19 heavy (non-hydrogen) atoms. The van der Waals surface area contributed by atoms with Gasteiger partial charge in [-0.1, -0.05) is 6.92 Å². The summed E-state index contributed by atoms with van der Waals surface area (Å²) in [7, 11) is 0. The molecule has 1 aliphatic heterocycles. The SMILES string of the molecule is CC1(CN)CCN(Cc2cc(C(F)(F)F)n[nH]2)C1.Cl. The van der Waals surface area contributed by atoms with E-state index in [9.17, 15) is 13.2 Å². The van der Waals surface area contributed by atoms with Gasteiger partial charge in [-0.15, -0.1) is 12.4 Å². The van der Waals surface area contributed by atoms with E-state index in [1.54, 1.807) is 0 Å². The van der Waals surface area contributed by atoms with Crippen LogP contribution in [0.5, 0.6) is 0 Å². The Morgan fingerprint density at radius 3 is 2.68 bits per heavy atom. The van der Waals surface area contributed by atoms with E-state index in [0.717, 1.165) is 25.6 Å². The molecule has 1 unspecified atom stereocenters. The lowest BCUT2D eigenvalue weighted by Crippen LogP contribution is -2.31. The fourth-order valence-corrected chi connectivity index (χ4v) is 2.26. The molecular formula is C11H18ClF3N4. The summed E-state index contributed by atoms with van der Waals surface area (Å²) in [5, 5.41) is 5.73. The normalized spacial score (nSPS) is 24.5. The summed E-state index contributed by atoms with van der Waals surface area (Å²) in [6, 6.07) is 1.07. The quantitative estimate of drug-likeness (QED) is 0.897. The van der Waals surface area contributed by atoms with Gasteiger partial charge in [-0.25, -0.2) is 0 Å². The maximum atomic E-state index is 12.4. The molecule has 2 heterocycles. The molecule has 0 radical (unpaired) electrons. The van der Waals surface area contributed by atoms with E-state index < -0.39 is 11.9 Å². The maximum absolute atomic E-state index is 12.4. The highest BCUT2D eigenvalue weighted by atomic mass is 35.5. The van der Waals surface area contributed by atoms with Crippen molar-refractivity contribution in [1.29, 1.82) is 0 Å². The van der Waals surface area contributed by atoms with Crippen molar-refractivity contribution in [3.05, 3.63) is 17.5 Å². The minimum absolute atomic E-state index is 0. The minimum Gasteiger partial charge on any atom is -0.330 e. The molecule has 1 atom stereocenters. The van der Waals surface area contributed by atoms with Crippen molar-refractivity contribution < 1.29 is 13.2 Å². The number of nitrogens with two attached hydrogens (primary N) is 1. The van der Waals surface area contributed by atoms with Crippen molar-refractivity contribution in [3.8, 4) is 0 Å². The van der Waals surface area contributed by atoms with E-state index in [4.69, 9.17) is 5.73 Å². The van der Waals surface area contributed by atoms with E-state index >= 15 is 0 Å². The largest absolute Gasteiger partial charge is 0.435 e. The molecule has 2 rings (SSSR count). The molecule has 1 aliphatic rings. The van der Waals surface area contributed by atoms with Crippen LogP contribution in [-0.4, -0.2) is 34.7 Å². The first-order valence-corrected chi connectivity index (χ1v) is 5.86. The highest BCUT2D eigenvalue weighted by molar-refractivity contribution is 5.85. The number of nitrogens with one attached hydrogen (secondary N) is 1. The van der Waals surface area contributed by atoms with Gasteiger partial charge in [0, 0.05) is 18.8 Å². The molecule has 0 spiro atoms. The van der Waals surface area contributed by atoms with Crippen LogP contribution < -0.4 is 5.73 Å². The lowest BCUT2D eigenvalue weighted by molar-refractivity contribution is -0.141. The van der Waals surface area contributed by atoms with Crippen LogP contribution in [0, 0.1) is 5.41 Å². The summed E-state index contributed by atoms with van der Waals surface area (Å²) in [6.07, 6.45) is -3.41. The molecule has 1 fully saturated rings. The molecule has 4 nitrogen and oxygen atoms in total. The van der Waals surface area contributed by atoms with Crippen LogP contribution >= 0.6 is 12.4 Å². The van der Waals surface area contributed by atoms with E-state index in [-0.39, 0.29) is 17.8 Å². The van der Waals surface area contributed by atoms with Crippen LogP contribution in [0.4, 0.5) is 13.2 Å². The fourth-order valence-electron chi connectivity index (χ4n) is 2.26. The zero-order chi connectivity index (χ0) is 13.4. The Morgan fingerprint density at radius 2 is 2.21 bits per heavy atom. The van der Waals surface area contributed by atoms with Crippen LogP contribution in [0.3, 0.4) is 0 Å². The molecule has 0 saturated carbocycles. The predicted molar refractivity (Wildman–Crippen MR) is 67.9 cm³/mol. The number of H-pyrrole nitrogens is 1. The minimum atomic E-state index is -4.38. The molecule has 0 bridgehead atoms. The van der Waals surface area contributed by atoms with Crippen LogP contribution in [0.2, 0.25) is 0 Å². The summed E-state index contributed by atoms with van der Waals surface area (Å²) < 4.78 is 37.1. The van der Waals surface area contributed by atoms with Gasteiger partial charge in [-0.05, 0) is 31.0 Å². The highest BCUT2D eigenvalue weighted by Gasteiger charge is 2.35. The average molecular weight is 299 g/mol. The molecule has 0 aromatic carbocycles. The summed E-state index contributed by atoms with van der Waals surface area (Å²) in [5.74, 6) is 0. The number of hydrogen-bond acceptors (Lipinski definition) is 3. The number of rotatable bonds is 3. The Hall–Kier alpha value is -0.790. The van der Waals surface area contributed by atoms with Gasteiger partial charge < -0.3 is 5.73 Å². The van der Waals surface area contributed by atoms with Gasteiger partial charge in [0.25, 0.3) is 0 Å². The Labute approximate surface area is 115 Å². The maximum Gasteiger partial charge on any atom is 0.435 e. The van der Waals surface area contributed by atoms with E-state index in [1.807, 2.05) is 0 Å². The number of hydrogen-bond donors (Lipinski definition) is 2. The first kappa shape index (κ1) is 16.3. The van der Waals surface area contributed by atoms with E-state index in [0.29, 0.717) is 18.8 Å². The van der Waals surface area contributed by atoms with Crippen LogP contribution in [-0.2, 0) is 12.7 Å². The average Bonchev–Trinajstić information content (AvgIpc) is 2.86. The Morgan fingerprint density at radius 1 is 1.53 bits per heavy atom. The molecule has 8 heteroatoms. The number of halogens is 4. The van der Waals surface area contributed by atoms with Crippen molar-refractivity contribution in [2.45, 2.75) is 26.1 Å². The van der Waals surface area contributed by atoms with Crippen molar-refractivity contribution in [2.24, 2.45) is 11.1 Å². The monoisotopic (exact) mass is 298 g/mol. The van der Waals surface area contributed by atoms with Gasteiger partial charge in [-0.3, -0.25) is 10.00 Å². The summed E-state index contributed by atoms with van der Waals surface area (Å²) in [6.45, 7) is 4.82. The van der Waals surface area contributed by atoms with Gasteiger partial charge in [0.05, 0.1) is 0 Å². The third-order valence-corrected chi connectivity index (χ3v) is 3.45. The van der Waals surface area contributed by atoms with E-state index in [1.165, 1.54) is 0 Å². The Kier molecular flexibility index (Phi) is 4.86. The molecule has 110 valence electrons. The summed E-state index contributed by atoms with van der Waals surface area (Å²) in [4.78, 5) is 2.10. The molecule has 3 N–H and O–H groups in total. The lowest BCUT2D eigenvalue weighted by Gasteiger charge is -2.22. The first-order chi connectivity index (χ1) is 8.32. The summed E-state index contributed by atoms with van der Waals surface area (Å²) >= 11 is 0. The number of aromatic nitrogens is 2. The molecule has 1 aromatic heterocycles. The predicted octanol–water partition coefficient (Wildman–Crippen LogP) is 2.02. The fraction of sp³-hybridized carbons (Fsp3) is 0.727. The Bertz CT molecular complexity index is 420. The van der Waals surface area contributed by atoms with Crippen molar-refractivity contribution >= 4 is 12.4 Å². The first-order valence-electron chi connectivity index (χ1n) is 5.86. The van der Waals surface area contributed by atoms with Gasteiger partial charge in [0.2, 0.25) is 0 Å². The molecular weight excluding hydrogens is 281 g/mol. The molecule has 0 amide bonds. The van der Waals surface area contributed by atoms with Crippen molar-refractivity contribution in [2.75, 3.05) is 19.6 Å². The second kappa shape index (κ2) is 5.68. The highest BCUT2D eigenvalue weighted by Crippen LogP contribution is 2.31. The second-order valence-corrected chi connectivity index (χ2v) is 5.25. The van der Waals surface area contributed by atoms with Crippen LogP contribution in [0.1, 0.15) is 24.7 Å². The van der Waals surface area contributed by atoms with Gasteiger partial charge in [0.15, 0.2) is 5.69 Å². The number of aromatic amines is 1. The third kappa shape index (κ3) is 3.84. The number of nitrogens with zero attached hydrogens (tertiary/aromatic N) is 2. The molecule has 0 aliphatic carbocycles. The van der Waals surface area contributed by atoms with Crippen molar-refractivity contribution in [3.63, 3.8) is 0 Å². The lowest BCUT2D eigenvalue weighted by atomic mass is 9.90. The number of likely N-dealkylation sites (tertiary alicyclic amines) is 1. The summed E-state index contributed by atoms with van der Waals surface area (Å²) in [5.41, 5.74) is 5.39. The zero-order valence-corrected chi connectivity index (χ0v) is 11.4. The Balaban J connectivity index is 0.00000180.